The molecule has 0 aromatic heterocycles. The van der Waals surface area contributed by atoms with Crippen LogP contribution in [0.25, 0.3) is 0 Å². The van der Waals surface area contributed by atoms with Crippen molar-refractivity contribution in [2.75, 3.05) is 26.8 Å². The average Bonchev–Trinajstić information content (AvgIpc) is 2.90. The SMILES string of the molecule is COC1CCN(C(=O)CCOc2ccc(C)cc2)C1. The highest BCUT2D eigenvalue weighted by atomic mass is 16.5. The molecule has 1 heterocycles. The number of hydrogen-bond donors (Lipinski definition) is 0. The third-order valence-corrected chi connectivity index (χ3v) is 3.44. The molecule has 0 bridgehead atoms. The highest BCUT2D eigenvalue weighted by molar-refractivity contribution is 5.76. The molecule has 1 fully saturated rings. The van der Waals surface area contributed by atoms with E-state index in [0.717, 1.165) is 18.7 Å². The van der Waals surface area contributed by atoms with Crippen molar-refractivity contribution in [3.8, 4) is 5.75 Å². The highest BCUT2D eigenvalue weighted by Gasteiger charge is 2.25. The number of likely N-dealkylation sites (tertiary alicyclic amines) is 1. The number of methoxy groups -OCH3 is 1. The van der Waals surface area contributed by atoms with Gasteiger partial charge in [-0.3, -0.25) is 4.79 Å². The lowest BCUT2D eigenvalue weighted by atomic mass is 10.2. The number of benzene rings is 1. The molecule has 2 rings (SSSR count). The first-order chi connectivity index (χ1) is 9.19. The fourth-order valence-electron chi connectivity index (χ4n) is 2.20. The van der Waals surface area contributed by atoms with Crippen molar-refractivity contribution >= 4 is 5.91 Å². The lowest BCUT2D eigenvalue weighted by Crippen LogP contribution is -2.30. The second-order valence-electron chi connectivity index (χ2n) is 4.90. The molecule has 1 aliphatic heterocycles. The Morgan fingerprint density at radius 1 is 1.37 bits per heavy atom. The minimum atomic E-state index is 0.145. The van der Waals surface area contributed by atoms with E-state index in [2.05, 4.69) is 0 Å². The average molecular weight is 263 g/mol. The molecule has 104 valence electrons. The van der Waals surface area contributed by atoms with E-state index in [9.17, 15) is 4.79 Å². The van der Waals surface area contributed by atoms with Gasteiger partial charge in [-0.1, -0.05) is 17.7 Å². The van der Waals surface area contributed by atoms with Gasteiger partial charge in [-0.2, -0.15) is 0 Å². The van der Waals surface area contributed by atoms with Crippen LogP contribution in [0.1, 0.15) is 18.4 Å². The topological polar surface area (TPSA) is 38.8 Å². The van der Waals surface area contributed by atoms with Crippen molar-refractivity contribution in [2.45, 2.75) is 25.9 Å². The molecule has 1 saturated heterocycles. The van der Waals surface area contributed by atoms with Gasteiger partial charge in [0.05, 0.1) is 19.1 Å². The molecule has 4 nitrogen and oxygen atoms in total. The molecule has 1 atom stereocenters. The van der Waals surface area contributed by atoms with Crippen LogP contribution in [-0.4, -0.2) is 43.7 Å². The smallest absolute Gasteiger partial charge is 0.226 e. The molecule has 1 aromatic rings. The number of carbonyl (C=O) groups excluding carboxylic acids is 1. The molecule has 0 radical (unpaired) electrons. The molecule has 1 aliphatic rings. The van der Waals surface area contributed by atoms with Gasteiger partial charge >= 0.3 is 0 Å². The van der Waals surface area contributed by atoms with Crippen LogP contribution in [0.3, 0.4) is 0 Å². The fraction of sp³-hybridized carbons (Fsp3) is 0.533. The lowest BCUT2D eigenvalue weighted by molar-refractivity contribution is -0.131. The Hall–Kier alpha value is -1.55. The Labute approximate surface area is 114 Å². The van der Waals surface area contributed by atoms with E-state index in [0.29, 0.717) is 19.6 Å². The third kappa shape index (κ3) is 3.96. The Bertz CT molecular complexity index is 416. The molecule has 0 spiro atoms. The van der Waals surface area contributed by atoms with E-state index >= 15 is 0 Å². The van der Waals surface area contributed by atoms with E-state index in [1.54, 1.807) is 7.11 Å². The number of amides is 1. The van der Waals surface area contributed by atoms with Crippen LogP contribution in [0.2, 0.25) is 0 Å². The molecule has 0 aliphatic carbocycles. The van der Waals surface area contributed by atoms with Gasteiger partial charge in [0.15, 0.2) is 0 Å². The van der Waals surface area contributed by atoms with Gasteiger partial charge in [0.1, 0.15) is 5.75 Å². The first-order valence-electron chi connectivity index (χ1n) is 6.69. The predicted molar refractivity (Wildman–Crippen MR) is 73.3 cm³/mol. The molecular weight excluding hydrogens is 242 g/mol. The number of nitrogens with zero attached hydrogens (tertiary/aromatic N) is 1. The van der Waals surface area contributed by atoms with Crippen LogP contribution in [0.5, 0.6) is 5.75 Å². The minimum Gasteiger partial charge on any atom is -0.493 e. The molecule has 19 heavy (non-hydrogen) atoms. The second kappa shape index (κ2) is 6.57. The molecule has 1 amide bonds. The van der Waals surface area contributed by atoms with Crippen LogP contribution >= 0.6 is 0 Å². The Morgan fingerprint density at radius 3 is 2.74 bits per heavy atom. The molecule has 1 unspecified atom stereocenters. The third-order valence-electron chi connectivity index (χ3n) is 3.44. The summed E-state index contributed by atoms with van der Waals surface area (Å²) in [4.78, 5) is 13.8. The van der Waals surface area contributed by atoms with E-state index in [-0.39, 0.29) is 12.0 Å². The highest BCUT2D eigenvalue weighted by Crippen LogP contribution is 2.14. The van der Waals surface area contributed by atoms with Crippen LogP contribution in [-0.2, 0) is 9.53 Å². The number of ether oxygens (including phenoxy) is 2. The standard InChI is InChI=1S/C15H21NO3/c1-12-3-5-13(6-4-12)19-10-8-15(17)16-9-7-14(11-16)18-2/h3-6,14H,7-11H2,1-2H3. The maximum absolute atomic E-state index is 11.9. The number of carbonyl (C=O) groups is 1. The molecular formula is C15H21NO3. The quantitative estimate of drug-likeness (QED) is 0.815. The van der Waals surface area contributed by atoms with Gasteiger partial charge in [0.25, 0.3) is 0 Å². The maximum Gasteiger partial charge on any atom is 0.226 e. The van der Waals surface area contributed by atoms with Gasteiger partial charge in [-0.05, 0) is 25.5 Å². The minimum absolute atomic E-state index is 0.145. The zero-order valence-electron chi connectivity index (χ0n) is 11.6. The van der Waals surface area contributed by atoms with Crippen LogP contribution < -0.4 is 4.74 Å². The predicted octanol–water partition coefficient (Wildman–Crippen LogP) is 2.01. The van der Waals surface area contributed by atoms with Crippen molar-refractivity contribution in [3.63, 3.8) is 0 Å². The first-order valence-corrected chi connectivity index (χ1v) is 6.69. The van der Waals surface area contributed by atoms with E-state index < -0.39 is 0 Å². The van der Waals surface area contributed by atoms with Gasteiger partial charge in [0.2, 0.25) is 5.91 Å². The van der Waals surface area contributed by atoms with Crippen LogP contribution in [0.15, 0.2) is 24.3 Å². The van der Waals surface area contributed by atoms with Gasteiger partial charge in [0, 0.05) is 20.2 Å². The summed E-state index contributed by atoms with van der Waals surface area (Å²) in [6.07, 6.45) is 1.55. The second-order valence-corrected chi connectivity index (χ2v) is 4.90. The normalized spacial score (nSPS) is 18.6. The number of rotatable bonds is 5. The van der Waals surface area contributed by atoms with Crippen molar-refractivity contribution in [3.05, 3.63) is 29.8 Å². The zero-order valence-corrected chi connectivity index (χ0v) is 11.6. The molecule has 1 aromatic carbocycles. The Balaban J connectivity index is 1.71. The summed E-state index contributed by atoms with van der Waals surface area (Å²) in [5.41, 5.74) is 1.20. The van der Waals surface area contributed by atoms with Crippen LogP contribution in [0, 0.1) is 6.92 Å². The summed E-state index contributed by atoms with van der Waals surface area (Å²) in [6.45, 7) is 3.96. The van der Waals surface area contributed by atoms with Gasteiger partial charge < -0.3 is 14.4 Å². The molecule has 4 heteroatoms. The Morgan fingerprint density at radius 2 is 2.11 bits per heavy atom. The summed E-state index contributed by atoms with van der Waals surface area (Å²) in [6, 6.07) is 7.86. The number of aryl methyl sites for hydroxylation is 1. The van der Waals surface area contributed by atoms with E-state index in [1.807, 2.05) is 36.1 Å². The lowest BCUT2D eigenvalue weighted by Gasteiger charge is -2.16. The molecule has 0 saturated carbocycles. The van der Waals surface area contributed by atoms with Crippen molar-refractivity contribution in [1.82, 2.24) is 4.90 Å². The summed E-state index contributed by atoms with van der Waals surface area (Å²) in [5, 5.41) is 0. The van der Waals surface area contributed by atoms with Crippen molar-refractivity contribution < 1.29 is 14.3 Å². The van der Waals surface area contributed by atoms with Gasteiger partial charge in [-0.25, -0.2) is 0 Å². The van der Waals surface area contributed by atoms with E-state index in [4.69, 9.17) is 9.47 Å². The Kier molecular flexibility index (Phi) is 4.80. The van der Waals surface area contributed by atoms with Crippen LogP contribution in [0.4, 0.5) is 0 Å². The van der Waals surface area contributed by atoms with Gasteiger partial charge in [-0.15, -0.1) is 0 Å². The monoisotopic (exact) mass is 263 g/mol. The largest absolute Gasteiger partial charge is 0.493 e. The molecule has 0 N–H and O–H groups in total. The van der Waals surface area contributed by atoms with E-state index in [1.165, 1.54) is 5.56 Å². The fourth-order valence-corrected chi connectivity index (χ4v) is 2.20. The summed E-state index contributed by atoms with van der Waals surface area (Å²) in [7, 11) is 1.69. The van der Waals surface area contributed by atoms with Crippen molar-refractivity contribution in [1.29, 1.82) is 0 Å². The summed E-state index contributed by atoms with van der Waals surface area (Å²) < 4.78 is 10.8. The maximum atomic E-state index is 11.9. The first kappa shape index (κ1) is 13.9. The summed E-state index contributed by atoms with van der Waals surface area (Å²) in [5.74, 6) is 0.959. The van der Waals surface area contributed by atoms with Crippen molar-refractivity contribution in [2.24, 2.45) is 0 Å². The number of hydrogen-bond acceptors (Lipinski definition) is 3. The summed E-state index contributed by atoms with van der Waals surface area (Å²) >= 11 is 0. The zero-order chi connectivity index (χ0) is 13.7.